The number of nitrogens with one attached hydrogen (secondary N) is 1. The van der Waals surface area contributed by atoms with Crippen LogP contribution >= 0.6 is 11.6 Å². The molecule has 0 saturated carbocycles. The summed E-state index contributed by atoms with van der Waals surface area (Å²) in [6.07, 6.45) is 0.987. The normalized spacial score (nSPS) is 19.5. The van der Waals surface area contributed by atoms with Gasteiger partial charge in [-0.15, -0.1) is 5.53 Å². The van der Waals surface area contributed by atoms with E-state index in [0.29, 0.717) is 11.0 Å². The molecule has 2 aliphatic rings. The molecule has 0 aromatic carbocycles. The SMILES string of the molecule is COC(=O)N1C=C2N=C(C)C(C)=C(Cl)N2N1. The highest BCUT2D eigenvalue weighted by molar-refractivity contribution is 6.32. The molecule has 0 unspecified atom stereocenters. The third kappa shape index (κ3) is 1.56. The van der Waals surface area contributed by atoms with Gasteiger partial charge in [0.1, 0.15) is 5.16 Å². The third-order valence-electron chi connectivity index (χ3n) is 2.38. The summed E-state index contributed by atoms with van der Waals surface area (Å²) in [6.45, 7) is 3.72. The average molecular weight is 243 g/mol. The van der Waals surface area contributed by atoms with E-state index >= 15 is 0 Å². The summed E-state index contributed by atoms with van der Waals surface area (Å²) in [4.78, 5) is 15.6. The van der Waals surface area contributed by atoms with Gasteiger partial charge in [-0.1, -0.05) is 11.6 Å². The number of allylic oxidation sites excluding steroid dienone is 1. The molecule has 2 aliphatic heterocycles. The van der Waals surface area contributed by atoms with Crippen LogP contribution in [0.2, 0.25) is 0 Å². The maximum Gasteiger partial charge on any atom is 0.429 e. The summed E-state index contributed by atoms with van der Waals surface area (Å²) < 4.78 is 4.57. The molecular formula is C9H11ClN4O2. The van der Waals surface area contributed by atoms with E-state index in [0.717, 1.165) is 11.3 Å². The Morgan fingerprint density at radius 1 is 1.56 bits per heavy atom. The Kier molecular flexibility index (Phi) is 2.61. The lowest BCUT2D eigenvalue weighted by molar-refractivity contribution is 0.102. The molecule has 2 heterocycles. The summed E-state index contributed by atoms with van der Waals surface area (Å²) >= 11 is 6.12. The molecule has 0 bridgehead atoms. The van der Waals surface area contributed by atoms with Gasteiger partial charge in [-0.2, -0.15) is 5.01 Å². The fourth-order valence-corrected chi connectivity index (χ4v) is 1.61. The molecule has 2 rings (SSSR count). The minimum atomic E-state index is -0.531. The largest absolute Gasteiger partial charge is 0.452 e. The van der Waals surface area contributed by atoms with E-state index < -0.39 is 6.09 Å². The van der Waals surface area contributed by atoms with Gasteiger partial charge in [0.2, 0.25) is 0 Å². The Hall–Kier alpha value is -1.53. The number of carbonyl (C=O) groups excluding carboxylic acids is 1. The Morgan fingerprint density at radius 3 is 2.88 bits per heavy atom. The van der Waals surface area contributed by atoms with Crippen molar-refractivity contribution in [3.63, 3.8) is 0 Å². The number of nitrogens with zero attached hydrogens (tertiary/aromatic N) is 3. The van der Waals surface area contributed by atoms with Gasteiger partial charge in [0.15, 0.2) is 5.82 Å². The predicted octanol–water partition coefficient (Wildman–Crippen LogP) is 1.53. The fraction of sp³-hybridized carbons (Fsp3) is 0.333. The van der Waals surface area contributed by atoms with Crippen molar-refractivity contribution in [2.45, 2.75) is 13.8 Å². The lowest BCUT2D eigenvalue weighted by atomic mass is 10.2. The molecular weight excluding hydrogens is 232 g/mol. The van der Waals surface area contributed by atoms with E-state index in [1.54, 1.807) is 0 Å². The highest BCUT2D eigenvalue weighted by atomic mass is 35.5. The topological polar surface area (TPSA) is 57.2 Å². The van der Waals surface area contributed by atoms with Crippen molar-refractivity contribution in [2.24, 2.45) is 4.99 Å². The second-order valence-electron chi connectivity index (χ2n) is 3.38. The van der Waals surface area contributed by atoms with Crippen LogP contribution in [0, 0.1) is 0 Å². The van der Waals surface area contributed by atoms with Crippen molar-refractivity contribution in [3.8, 4) is 0 Å². The second kappa shape index (κ2) is 3.80. The van der Waals surface area contributed by atoms with Crippen molar-refractivity contribution in [3.05, 3.63) is 22.8 Å². The van der Waals surface area contributed by atoms with Crippen molar-refractivity contribution in [1.29, 1.82) is 0 Å². The van der Waals surface area contributed by atoms with Gasteiger partial charge in [-0.05, 0) is 13.8 Å². The molecule has 0 aromatic heterocycles. The zero-order chi connectivity index (χ0) is 11.9. The Balaban J connectivity index is 2.32. The van der Waals surface area contributed by atoms with Gasteiger partial charge in [0.25, 0.3) is 0 Å². The summed E-state index contributed by atoms with van der Waals surface area (Å²) in [6, 6.07) is 0. The number of methoxy groups -OCH3 is 1. The van der Waals surface area contributed by atoms with Crippen LogP contribution in [0.3, 0.4) is 0 Å². The molecule has 1 amide bonds. The predicted molar refractivity (Wildman–Crippen MR) is 59.0 cm³/mol. The molecule has 0 aliphatic carbocycles. The number of rotatable bonds is 0. The molecule has 0 spiro atoms. The lowest BCUT2D eigenvalue weighted by Gasteiger charge is -2.25. The van der Waals surface area contributed by atoms with Crippen LogP contribution < -0.4 is 5.53 Å². The van der Waals surface area contributed by atoms with Gasteiger partial charge in [0.05, 0.1) is 13.3 Å². The first-order chi connectivity index (χ1) is 7.54. The van der Waals surface area contributed by atoms with Crippen LogP contribution in [-0.4, -0.2) is 28.9 Å². The van der Waals surface area contributed by atoms with Crippen molar-refractivity contribution < 1.29 is 9.53 Å². The van der Waals surface area contributed by atoms with E-state index in [2.05, 4.69) is 15.3 Å². The zero-order valence-electron chi connectivity index (χ0n) is 9.11. The molecule has 16 heavy (non-hydrogen) atoms. The standard InChI is InChI=1S/C9H11ClN4O2/c1-5-6(2)11-7-4-13(9(15)16-3)12-14(7)8(5)10/h4,12H,1-3H3. The van der Waals surface area contributed by atoms with Gasteiger partial charge < -0.3 is 4.74 Å². The first-order valence-corrected chi connectivity index (χ1v) is 5.00. The molecule has 1 N–H and O–H groups in total. The molecule has 0 saturated heterocycles. The molecule has 6 nitrogen and oxygen atoms in total. The molecule has 7 heteroatoms. The number of hydrogen-bond acceptors (Lipinski definition) is 5. The maximum absolute atomic E-state index is 11.3. The van der Waals surface area contributed by atoms with Crippen molar-refractivity contribution in [2.75, 3.05) is 7.11 Å². The monoisotopic (exact) mass is 242 g/mol. The fourth-order valence-electron chi connectivity index (χ4n) is 1.35. The molecule has 0 atom stereocenters. The van der Waals surface area contributed by atoms with Crippen LogP contribution in [-0.2, 0) is 4.74 Å². The van der Waals surface area contributed by atoms with Crippen LogP contribution in [0.4, 0.5) is 4.79 Å². The van der Waals surface area contributed by atoms with Crippen LogP contribution in [0.5, 0.6) is 0 Å². The Bertz CT molecular complexity index is 441. The van der Waals surface area contributed by atoms with E-state index in [1.807, 2.05) is 13.8 Å². The molecule has 86 valence electrons. The maximum atomic E-state index is 11.3. The van der Waals surface area contributed by atoms with Crippen LogP contribution in [0.1, 0.15) is 13.8 Å². The number of aliphatic imine (C=N–C) groups is 1. The van der Waals surface area contributed by atoms with E-state index in [1.165, 1.54) is 23.3 Å². The zero-order valence-corrected chi connectivity index (χ0v) is 9.87. The summed E-state index contributed by atoms with van der Waals surface area (Å²) in [7, 11) is 1.30. The number of ether oxygens (including phenoxy) is 1. The second-order valence-corrected chi connectivity index (χ2v) is 3.73. The average Bonchev–Trinajstić information content (AvgIpc) is 2.69. The lowest BCUT2D eigenvalue weighted by Crippen LogP contribution is -2.43. The van der Waals surface area contributed by atoms with E-state index in [9.17, 15) is 4.79 Å². The number of carbonyl (C=O) groups is 1. The van der Waals surface area contributed by atoms with Crippen LogP contribution in [0.15, 0.2) is 27.7 Å². The smallest absolute Gasteiger partial charge is 0.429 e. The van der Waals surface area contributed by atoms with Gasteiger partial charge in [-0.3, -0.25) is 0 Å². The Morgan fingerprint density at radius 2 is 2.25 bits per heavy atom. The van der Waals surface area contributed by atoms with Gasteiger partial charge >= 0.3 is 6.09 Å². The van der Waals surface area contributed by atoms with Gasteiger partial charge in [-0.25, -0.2) is 14.8 Å². The summed E-state index contributed by atoms with van der Waals surface area (Å²) in [5, 5.41) is 3.18. The first-order valence-electron chi connectivity index (χ1n) is 4.62. The minimum Gasteiger partial charge on any atom is -0.452 e. The highest BCUT2D eigenvalue weighted by Crippen LogP contribution is 2.28. The molecule has 0 aromatic rings. The summed E-state index contributed by atoms with van der Waals surface area (Å²) in [5.74, 6) is 0.554. The number of hydrogen-bond donors (Lipinski definition) is 1. The first kappa shape index (κ1) is 11.0. The Labute approximate surface area is 97.8 Å². The number of hydrazine groups is 2. The van der Waals surface area contributed by atoms with Gasteiger partial charge in [0, 0.05) is 11.3 Å². The van der Waals surface area contributed by atoms with Crippen molar-refractivity contribution in [1.82, 2.24) is 15.6 Å². The summed E-state index contributed by atoms with van der Waals surface area (Å²) in [5.41, 5.74) is 4.43. The number of amides is 1. The quantitative estimate of drug-likeness (QED) is 0.655. The van der Waals surface area contributed by atoms with Crippen molar-refractivity contribution >= 4 is 23.4 Å². The van der Waals surface area contributed by atoms with E-state index in [-0.39, 0.29) is 0 Å². The van der Waals surface area contributed by atoms with E-state index in [4.69, 9.17) is 11.6 Å². The highest BCUT2D eigenvalue weighted by Gasteiger charge is 2.31. The molecule has 0 radical (unpaired) electrons. The van der Waals surface area contributed by atoms with Crippen LogP contribution in [0.25, 0.3) is 0 Å². The number of halogens is 1. The third-order valence-corrected chi connectivity index (χ3v) is 2.84. The molecule has 0 fully saturated rings. The minimum absolute atomic E-state index is 0.491. The number of fused-ring (bicyclic) bond motifs is 1.